The average Bonchev–Trinajstić information content (AvgIpc) is 3.38. The van der Waals surface area contributed by atoms with Crippen LogP contribution in [0.3, 0.4) is 0 Å². The molecule has 0 bridgehead atoms. The van der Waals surface area contributed by atoms with E-state index in [0.717, 1.165) is 38.1 Å². The number of hydrogen-bond acceptors (Lipinski definition) is 4. The number of amides is 1. The zero-order valence-electron chi connectivity index (χ0n) is 15.7. The predicted octanol–water partition coefficient (Wildman–Crippen LogP) is 3.10. The number of carboxylic acids is 1. The van der Waals surface area contributed by atoms with Crippen LogP contribution in [-0.4, -0.2) is 47.5 Å². The van der Waals surface area contributed by atoms with Crippen LogP contribution in [0.2, 0.25) is 0 Å². The van der Waals surface area contributed by atoms with E-state index in [9.17, 15) is 26.7 Å². The fourth-order valence-electron chi connectivity index (χ4n) is 4.21. The highest BCUT2D eigenvalue weighted by atomic mass is 19.4. The van der Waals surface area contributed by atoms with Crippen molar-refractivity contribution in [3.05, 3.63) is 35.4 Å². The fraction of sp³-hybridized carbons (Fsp3) is 0.526. The SMILES string of the molecule is O=C(C1C[C@H]2CNC[C@H]2C1)N1N=CCC1c1cc(F)ccc1F.O=C(O)C(F)(F)F. The van der Waals surface area contributed by atoms with E-state index in [1.807, 2.05) is 0 Å². The summed E-state index contributed by atoms with van der Waals surface area (Å²) in [6.45, 7) is 1.94. The minimum atomic E-state index is -5.08. The molecule has 1 aliphatic carbocycles. The average molecular weight is 433 g/mol. The Morgan fingerprint density at radius 2 is 1.73 bits per heavy atom. The van der Waals surface area contributed by atoms with Gasteiger partial charge in [-0.3, -0.25) is 4.79 Å². The summed E-state index contributed by atoms with van der Waals surface area (Å²) in [7, 11) is 0. The number of fused-ring (bicyclic) bond motifs is 1. The Labute approximate surface area is 168 Å². The first-order chi connectivity index (χ1) is 14.1. The Morgan fingerprint density at radius 1 is 1.13 bits per heavy atom. The van der Waals surface area contributed by atoms with Crippen LogP contribution < -0.4 is 5.32 Å². The number of nitrogens with zero attached hydrogens (tertiary/aromatic N) is 2. The van der Waals surface area contributed by atoms with E-state index in [1.54, 1.807) is 6.21 Å². The third kappa shape index (κ3) is 4.77. The summed E-state index contributed by atoms with van der Waals surface area (Å²) in [5.74, 6) is -2.75. The maximum absolute atomic E-state index is 14.1. The number of hydrazone groups is 1. The maximum Gasteiger partial charge on any atom is 0.490 e. The molecule has 11 heteroatoms. The first-order valence-corrected chi connectivity index (χ1v) is 9.39. The fourth-order valence-corrected chi connectivity index (χ4v) is 4.21. The van der Waals surface area contributed by atoms with Crippen molar-refractivity contribution in [1.82, 2.24) is 10.3 Å². The smallest absolute Gasteiger partial charge is 0.475 e. The molecular formula is C19H20F5N3O3. The summed E-state index contributed by atoms with van der Waals surface area (Å²) in [5, 5.41) is 16.0. The van der Waals surface area contributed by atoms with Crippen LogP contribution in [0.25, 0.3) is 0 Å². The van der Waals surface area contributed by atoms with Crippen molar-refractivity contribution in [2.45, 2.75) is 31.5 Å². The van der Waals surface area contributed by atoms with E-state index >= 15 is 0 Å². The molecule has 4 rings (SSSR count). The van der Waals surface area contributed by atoms with Crippen LogP contribution in [0.5, 0.6) is 0 Å². The number of halogens is 5. The molecule has 2 fully saturated rings. The number of rotatable bonds is 2. The molecule has 2 unspecified atom stereocenters. The summed E-state index contributed by atoms with van der Waals surface area (Å²) in [4.78, 5) is 21.7. The van der Waals surface area contributed by atoms with Gasteiger partial charge in [0.1, 0.15) is 11.6 Å². The van der Waals surface area contributed by atoms with Crippen molar-refractivity contribution in [3.8, 4) is 0 Å². The van der Waals surface area contributed by atoms with Crippen LogP contribution in [0, 0.1) is 29.4 Å². The lowest BCUT2D eigenvalue weighted by molar-refractivity contribution is -0.192. The highest BCUT2D eigenvalue weighted by Crippen LogP contribution is 2.41. The third-order valence-electron chi connectivity index (χ3n) is 5.62. The van der Waals surface area contributed by atoms with Gasteiger partial charge in [0.25, 0.3) is 0 Å². The minimum absolute atomic E-state index is 0.0539. The Hall–Kier alpha value is -2.56. The molecule has 0 aromatic heterocycles. The quantitative estimate of drug-likeness (QED) is 0.703. The Kier molecular flexibility index (Phi) is 6.39. The molecule has 1 amide bonds. The van der Waals surface area contributed by atoms with Crippen LogP contribution in [0.4, 0.5) is 22.0 Å². The normalized spacial score (nSPS) is 27.6. The number of carboxylic acid groups (broad SMARTS) is 1. The molecule has 0 spiro atoms. The summed E-state index contributed by atoms with van der Waals surface area (Å²) < 4.78 is 59.3. The lowest BCUT2D eigenvalue weighted by Gasteiger charge is -2.25. The van der Waals surface area contributed by atoms with Crippen molar-refractivity contribution < 1.29 is 36.6 Å². The molecule has 0 radical (unpaired) electrons. The second-order valence-electron chi connectivity index (χ2n) is 7.55. The van der Waals surface area contributed by atoms with Gasteiger partial charge in [0, 0.05) is 24.1 Å². The Morgan fingerprint density at radius 3 is 2.30 bits per heavy atom. The summed E-state index contributed by atoms with van der Waals surface area (Å²) in [5.41, 5.74) is 0.204. The van der Waals surface area contributed by atoms with E-state index in [2.05, 4.69) is 10.4 Å². The molecule has 2 heterocycles. The number of carbonyl (C=O) groups is 2. The summed E-state index contributed by atoms with van der Waals surface area (Å²) in [6.07, 6.45) is -1.32. The van der Waals surface area contributed by atoms with Gasteiger partial charge >= 0.3 is 12.1 Å². The Bertz CT molecular complexity index is 833. The highest BCUT2D eigenvalue weighted by Gasteiger charge is 2.43. The first kappa shape index (κ1) is 22.1. The van der Waals surface area contributed by atoms with Gasteiger partial charge < -0.3 is 10.4 Å². The van der Waals surface area contributed by atoms with Crippen LogP contribution in [0.1, 0.15) is 30.9 Å². The predicted molar refractivity (Wildman–Crippen MR) is 95.3 cm³/mol. The highest BCUT2D eigenvalue weighted by molar-refractivity contribution is 5.82. The second kappa shape index (κ2) is 8.66. The molecule has 6 nitrogen and oxygen atoms in total. The van der Waals surface area contributed by atoms with Gasteiger partial charge in [0.15, 0.2) is 0 Å². The Balaban J connectivity index is 0.000000318. The number of alkyl halides is 3. The number of benzene rings is 1. The molecular weight excluding hydrogens is 413 g/mol. The van der Waals surface area contributed by atoms with Crippen molar-refractivity contribution >= 4 is 18.1 Å². The lowest BCUT2D eigenvalue weighted by atomic mass is 10.00. The molecule has 4 atom stereocenters. The number of aliphatic carboxylic acids is 1. The molecule has 1 aromatic rings. The maximum atomic E-state index is 14.1. The molecule has 30 heavy (non-hydrogen) atoms. The first-order valence-electron chi connectivity index (χ1n) is 9.39. The minimum Gasteiger partial charge on any atom is -0.475 e. The molecule has 1 saturated heterocycles. The van der Waals surface area contributed by atoms with E-state index in [-0.39, 0.29) is 17.4 Å². The number of hydrogen-bond donors (Lipinski definition) is 2. The van der Waals surface area contributed by atoms with Gasteiger partial charge in [-0.1, -0.05) is 0 Å². The van der Waals surface area contributed by atoms with Gasteiger partial charge in [-0.15, -0.1) is 0 Å². The van der Waals surface area contributed by atoms with Crippen molar-refractivity contribution in [2.75, 3.05) is 13.1 Å². The zero-order valence-corrected chi connectivity index (χ0v) is 15.7. The lowest BCUT2D eigenvalue weighted by Crippen LogP contribution is -2.33. The van der Waals surface area contributed by atoms with E-state index < -0.39 is 29.8 Å². The van der Waals surface area contributed by atoms with E-state index in [1.165, 1.54) is 11.1 Å². The molecule has 1 saturated carbocycles. The van der Waals surface area contributed by atoms with Crippen molar-refractivity contribution in [2.24, 2.45) is 22.9 Å². The molecule has 2 N–H and O–H groups in total. The zero-order chi connectivity index (χ0) is 22.1. The van der Waals surface area contributed by atoms with Crippen LogP contribution >= 0.6 is 0 Å². The van der Waals surface area contributed by atoms with Crippen molar-refractivity contribution in [1.29, 1.82) is 0 Å². The van der Waals surface area contributed by atoms with Crippen molar-refractivity contribution in [3.63, 3.8) is 0 Å². The molecule has 2 aliphatic heterocycles. The van der Waals surface area contributed by atoms with Gasteiger partial charge in [0.05, 0.1) is 6.04 Å². The largest absolute Gasteiger partial charge is 0.490 e. The van der Waals surface area contributed by atoms with Gasteiger partial charge in [0.2, 0.25) is 5.91 Å². The third-order valence-corrected chi connectivity index (χ3v) is 5.62. The standard InChI is InChI=1S/C17H19F2N3O.C2HF3O2/c18-13-1-2-15(19)14(7-13)16-3-4-21-22(16)17(23)10-5-11-8-20-9-12(11)6-10;3-2(4,5)1(6)7/h1-2,4,7,10-12,16,20H,3,5-6,8-9H2;(H,6,7)/t10?,11-,12+,16?;. The molecule has 1 aromatic carbocycles. The molecule has 164 valence electrons. The molecule has 3 aliphatic rings. The van der Waals surface area contributed by atoms with Gasteiger partial charge in [-0.2, -0.15) is 18.3 Å². The van der Waals surface area contributed by atoms with Crippen LogP contribution in [0.15, 0.2) is 23.3 Å². The monoisotopic (exact) mass is 433 g/mol. The van der Waals surface area contributed by atoms with Crippen LogP contribution in [-0.2, 0) is 9.59 Å². The van der Waals surface area contributed by atoms with Gasteiger partial charge in [-0.05, 0) is 56.0 Å². The summed E-state index contributed by atoms with van der Waals surface area (Å²) in [6, 6.07) is 2.84. The summed E-state index contributed by atoms with van der Waals surface area (Å²) >= 11 is 0. The number of nitrogens with one attached hydrogen (secondary N) is 1. The van der Waals surface area contributed by atoms with E-state index in [0.29, 0.717) is 18.3 Å². The van der Waals surface area contributed by atoms with Gasteiger partial charge in [-0.25, -0.2) is 18.6 Å². The topological polar surface area (TPSA) is 82.0 Å². The second-order valence-corrected chi connectivity index (χ2v) is 7.55. The van der Waals surface area contributed by atoms with E-state index in [4.69, 9.17) is 9.90 Å². The number of carbonyl (C=O) groups excluding carboxylic acids is 1.